The summed E-state index contributed by atoms with van der Waals surface area (Å²) in [4.78, 5) is 0. The molecule has 1 heterocycles. The highest BCUT2D eigenvalue weighted by Crippen LogP contribution is 2.58. The van der Waals surface area contributed by atoms with E-state index < -0.39 is 11.8 Å². The van der Waals surface area contributed by atoms with Crippen LogP contribution in [0.5, 0.6) is 0 Å². The van der Waals surface area contributed by atoms with Crippen LogP contribution in [0.4, 0.5) is 14.5 Å². The number of hydrazine groups is 1. The Labute approximate surface area is 96.9 Å². The molecule has 2 aliphatic rings. The van der Waals surface area contributed by atoms with Crippen LogP contribution in [-0.4, -0.2) is 5.92 Å². The zero-order chi connectivity index (χ0) is 11.5. The Bertz CT molecular complexity index is 474. The largest absolute Gasteiger partial charge is 0.321 e. The first-order valence-corrected chi connectivity index (χ1v) is 5.57. The fourth-order valence-corrected chi connectivity index (χ4v) is 2.74. The summed E-state index contributed by atoms with van der Waals surface area (Å²) in [5.74, 6) is -3.26. The van der Waals surface area contributed by atoms with Crippen molar-refractivity contribution in [2.45, 2.75) is 31.7 Å². The van der Waals surface area contributed by atoms with Crippen molar-refractivity contribution >= 4 is 17.3 Å². The van der Waals surface area contributed by atoms with Crippen LogP contribution in [-0.2, 0) is 6.54 Å². The van der Waals surface area contributed by atoms with E-state index in [4.69, 9.17) is 11.6 Å². The van der Waals surface area contributed by atoms with Gasteiger partial charge in [0.2, 0.25) is 0 Å². The molecule has 1 saturated carbocycles. The van der Waals surface area contributed by atoms with Gasteiger partial charge in [-0.05, 0) is 29.7 Å². The van der Waals surface area contributed by atoms with Crippen LogP contribution >= 0.6 is 11.6 Å². The standard InChI is InChI=1S/C11H11ClF2N2/c1-5-6-4-15-16-9(6)2-8(12)10(5)7-3-11(7,13)14/h2,7,15-16H,3-4H2,1H3. The third-order valence-corrected chi connectivity index (χ3v) is 3.69. The average Bonchev–Trinajstić information content (AvgIpc) is 2.62. The third-order valence-electron chi connectivity index (χ3n) is 3.37. The second-order valence-electron chi connectivity index (χ2n) is 4.42. The molecule has 0 amide bonds. The molecule has 16 heavy (non-hydrogen) atoms. The lowest BCUT2D eigenvalue weighted by Gasteiger charge is -2.12. The number of rotatable bonds is 1. The van der Waals surface area contributed by atoms with E-state index in [9.17, 15) is 8.78 Å². The van der Waals surface area contributed by atoms with E-state index >= 15 is 0 Å². The van der Waals surface area contributed by atoms with Crippen LogP contribution in [0.25, 0.3) is 0 Å². The number of halogens is 3. The van der Waals surface area contributed by atoms with E-state index in [2.05, 4.69) is 10.9 Å². The summed E-state index contributed by atoms with van der Waals surface area (Å²) >= 11 is 6.07. The van der Waals surface area contributed by atoms with Gasteiger partial charge in [-0.2, -0.15) is 0 Å². The second kappa shape index (κ2) is 3.08. The normalized spacial score (nSPS) is 25.1. The maximum atomic E-state index is 13.1. The molecule has 0 spiro atoms. The van der Waals surface area contributed by atoms with Gasteiger partial charge < -0.3 is 5.43 Å². The molecule has 0 saturated heterocycles. The van der Waals surface area contributed by atoms with Crippen LogP contribution < -0.4 is 10.9 Å². The van der Waals surface area contributed by atoms with E-state index in [0.29, 0.717) is 17.1 Å². The van der Waals surface area contributed by atoms with Crippen molar-refractivity contribution in [1.29, 1.82) is 0 Å². The summed E-state index contributed by atoms with van der Waals surface area (Å²) in [5, 5.41) is 0.439. The van der Waals surface area contributed by atoms with Gasteiger partial charge in [0.25, 0.3) is 5.92 Å². The van der Waals surface area contributed by atoms with E-state index in [1.165, 1.54) is 0 Å². The van der Waals surface area contributed by atoms with Crippen molar-refractivity contribution in [2.75, 3.05) is 5.43 Å². The monoisotopic (exact) mass is 244 g/mol. The molecule has 1 aliphatic carbocycles. The molecule has 1 aromatic rings. The van der Waals surface area contributed by atoms with E-state index in [0.717, 1.165) is 16.8 Å². The average molecular weight is 245 g/mol. The zero-order valence-electron chi connectivity index (χ0n) is 8.70. The smallest absolute Gasteiger partial charge is 0.255 e. The number of alkyl halides is 2. The summed E-state index contributed by atoms with van der Waals surface area (Å²) in [6.45, 7) is 2.52. The molecule has 1 atom stereocenters. The SMILES string of the molecule is Cc1c2c(cc(Cl)c1C1CC1(F)F)NNC2. The summed E-state index contributed by atoms with van der Waals surface area (Å²) in [6, 6.07) is 1.73. The molecular formula is C11H11ClF2N2. The quantitative estimate of drug-likeness (QED) is 0.793. The molecule has 5 heteroatoms. The Hall–Kier alpha value is -0.870. The molecule has 1 unspecified atom stereocenters. The molecule has 2 nitrogen and oxygen atoms in total. The number of hydrogen-bond acceptors (Lipinski definition) is 2. The van der Waals surface area contributed by atoms with Gasteiger partial charge in [0, 0.05) is 18.0 Å². The molecule has 2 N–H and O–H groups in total. The first-order valence-electron chi connectivity index (χ1n) is 5.19. The predicted molar refractivity (Wildman–Crippen MR) is 59.0 cm³/mol. The molecule has 1 aromatic carbocycles. The molecular weight excluding hydrogens is 234 g/mol. The molecule has 1 fully saturated rings. The molecule has 86 valence electrons. The van der Waals surface area contributed by atoms with E-state index in [1.54, 1.807) is 6.07 Å². The maximum absolute atomic E-state index is 13.1. The Balaban J connectivity index is 2.12. The Kier molecular flexibility index (Phi) is 1.98. The minimum atomic E-state index is -2.57. The number of hydrogen-bond donors (Lipinski definition) is 2. The van der Waals surface area contributed by atoms with Gasteiger partial charge in [0.05, 0.1) is 11.6 Å². The summed E-state index contributed by atoms with van der Waals surface area (Å²) in [6.07, 6.45) is -0.0762. The van der Waals surface area contributed by atoms with Gasteiger partial charge in [0.1, 0.15) is 0 Å². The molecule has 0 radical (unpaired) electrons. The van der Waals surface area contributed by atoms with Gasteiger partial charge in [0.15, 0.2) is 0 Å². The van der Waals surface area contributed by atoms with Gasteiger partial charge >= 0.3 is 0 Å². The first-order chi connectivity index (χ1) is 7.50. The first kappa shape index (κ1) is 10.3. The molecule has 1 aliphatic heterocycles. The maximum Gasteiger partial charge on any atom is 0.255 e. The minimum Gasteiger partial charge on any atom is -0.321 e. The fraction of sp³-hybridized carbons (Fsp3) is 0.455. The fourth-order valence-electron chi connectivity index (χ4n) is 2.36. The van der Waals surface area contributed by atoms with Crippen LogP contribution in [0.15, 0.2) is 6.07 Å². The van der Waals surface area contributed by atoms with Crippen LogP contribution in [0.2, 0.25) is 5.02 Å². The van der Waals surface area contributed by atoms with Gasteiger partial charge in [-0.15, -0.1) is 0 Å². The van der Waals surface area contributed by atoms with E-state index in [-0.39, 0.29) is 6.42 Å². The van der Waals surface area contributed by atoms with Crippen molar-refractivity contribution in [3.8, 4) is 0 Å². The highest BCUT2D eigenvalue weighted by molar-refractivity contribution is 6.32. The van der Waals surface area contributed by atoms with Crippen LogP contribution in [0, 0.1) is 6.92 Å². The van der Waals surface area contributed by atoms with Crippen molar-refractivity contribution in [3.63, 3.8) is 0 Å². The van der Waals surface area contributed by atoms with Crippen molar-refractivity contribution < 1.29 is 8.78 Å². The number of benzene rings is 1. The number of anilines is 1. The summed E-state index contributed by atoms with van der Waals surface area (Å²) < 4.78 is 26.2. The van der Waals surface area contributed by atoms with Crippen LogP contribution in [0.3, 0.4) is 0 Å². The van der Waals surface area contributed by atoms with Gasteiger partial charge in [-0.25, -0.2) is 14.2 Å². The Morgan fingerprint density at radius 1 is 1.50 bits per heavy atom. The molecule has 0 aromatic heterocycles. The molecule has 3 rings (SSSR count). The lowest BCUT2D eigenvalue weighted by Crippen LogP contribution is -2.10. The lowest BCUT2D eigenvalue weighted by molar-refractivity contribution is 0.112. The third kappa shape index (κ3) is 1.33. The van der Waals surface area contributed by atoms with Crippen molar-refractivity contribution in [2.24, 2.45) is 0 Å². The van der Waals surface area contributed by atoms with Gasteiger partial charge in [-0.3, -0.25) is 0 Å². The van der Waals surface area contributed by atoms with Gasteiger partial charge in [-0.1, -0.05) is 11.6 Å². The number of fused-ring (bicyclic) bond motifs is 1. The van der Waals surface area contributed by atoms with Crippen molar-refractivity contribution in [3.05, 3.63) is 27.8 Å². The summed E-state index contributed by atoms with van der Waals surface area (Å²) in [5.41, 5.74) is 9.39. The van der Waals surface area contributed by atoms with Crippen molar-refractivity contribution in [1.82, 2.24) is 5.43 Å². The predicted octanol–water partition coefficient (Wildman–Crippen LogP) is 3.20. The second-order valence-corrected chi connectivity index (χ2v) is 4.83. The Morgan fingerprint density at radius 2 is 2.19 bits per heavy atom. The summed E-state index contributed by atoms with van der Waals surface area (Å²) in [7, 11) is 0. The topological polar surface area (TPSA) is 24.1 Å². The zero-order valence-corrected chi connectivity index (χ0v) is 9.46. The number of nitrogens with one attached hydrogen (secondary N) is 2. The highest BCUT2D eigenvalue weighted by Gasteiger charge is 2.58. The minimum absolute atomic E-state index is 0.0762. The Morgan fingerprint density at radius 3 is 2.81 bits per heavy atom. The lowest BCUT2D eigenvalue weighted by atomic mass is 9.97. The molecule has 0 bridgehead atoms. The van der Waals surface area contributed by atoms with E-state index in [1.807, 2.05) is 6.92 Å². The van der Waals surface area contributed by atoms with Crippen LogP contribution in [0.1, 0.15) is 29.0 Å². The highest BCUT2D eigenvalue weighted by atomic mass is 35.5.